The number of rotatable bonds is 4. The second-order valence-corrected chi connectivity index (χ2v) is 4.42. The molecule has 0 atom stereocenters. The number of methoxy groups -OCH3 is 1. The van der Waals surface area contributed by atoms with Crippen LogP contribution in [0, 0.1) is 0 Å². The Morgan fingerprint density at radius 2 is 2.06 bits per heavy atom. The zero-order valence-corrected chi connectivity index (χ0v) is 10.4. The molecule has 1 rings (SSSR count). The van der Waals surface area contributed by atoms with Crippen LogP contribution in [0.1, 0.15) is 12.5 Å². The summed E-state index contributed by atoms with van der Waals surface area (Å²) in [5.41, 5.74) is 7.75. The summed E-state index contributed by atoms with van der Waals surface area (Å²) < 4.78 is 5.10. The fourth-order valence-electron chi connectivity index (χ4n) is 1.23. The predicted octanol–water partition coefficient (Wildman–Crippen LogP) is 0.905. The molecule has 0 spiro atoms. The van der Waals surface area contributed by atoms with E-state index in [9.17, 15) is 0 Å². The van der Waals surface area contributed by atoms with Crippen molar-refractivity contribution in [1.82, 2.24) is 0 Å². The number of hydrogen-bond acceptors (Lipinski definition) is 2. The van der Waals surface area contributed by atoms with E-state index in [4.69, 9.17) is 15.9 Å². The van der Waals surface area contributed by atoms with Gasteiger partial charge in [-0.1, -0.05) is 18.2 Å². The third kappa shape index (κ3) is 3.98. The fourth-order valence-corrected chi connectivity index (χ4v) is 1.76. The number of thioether (sulfide) groups is 1. The lowest BCUT2D eigenvalue weighted by atomic mass is 10.1. The summed E-state index contributed by atoms with van der Waals surface area (Å²) in [6.07, 6.45) is 2.10. The Bertz CT molecular complexity index is 385. The Balaban J connectivity index is 2.64. The third-order valence-corrected chi connectivity index (χ3v) is 2.85. The fraction of sp³-hybridized carbons (Fsp3) is 0.250. The van der Waals surface area contributed by atoms with Gasteiger partial charge in [0.15, 0.2) is 0 Å². The lowest BCUT2D eigenvalue weighted by Crippen LogP contribution is -2.43. The topological polar surface area (TPSA) is 60.8 Å². The van der Waals surface area contributed by atoms with Gasteiger partial charge in [0, 0.05) is 5.75 Å². The summed E-state index contributed by atoms with van der Waals surface area (Å²) in [5, 5.41) is 5.77. The first-order valence-electron chi connectivity index (χ1n) is 4.95. The molecule has 0 amide bonds. The van der Waals surface area contributed by atoms with Crippen LogP contribution in [0.4, 0.5) is 0 Å². The van der Waals surface area contributed by atoms with Crippen LogP contribution in [0.3, 0.4) is 0 Å². The van der Waals surface area contributed by atoms with E-state index >= 15 is 0 Å². The van der Waals surface area contributed by atoms with Gasteiger partial charge in [-0.25, -0.2) is 0 Å². The number of ether oxygens (including phenoxy) is 1. The van der Waals surface area contributed by atoms with E-state index in [2.05, 4.69) is 13.0 Å². The molecule has 0 aliphatic rings. The van der Waals surface area contributed by atoms with Crippen molar-refractivity contribution < 1.29 is 10.1 Å². The molecule has 0 aliphatic carbocycles. The summed E-state index contributed by atoms with van der Waals surface area (Å²) in [6.45, 7) is 2.06. The van der Waals surface area contributed by atoms with E-state index in [1.807, 2.05) is 24.3 Å². The molecule has 4 heteroatoms. The van der Waals surface area contributed by atoms with Crippen molar-refractivity contribution in [3.05, 3.63) is 35.9 Å². The Kier molecular flexibility index (Phi) is 4.92. The molecule has 3 nitrogen and oxygen atoms in total. The molecule has 0 unspecified atom stereocenters. The third-order valence-electron chi connectivity index (χ3n) is 2.18. The quantitative estimate of drug-likeness (QED) is 0.604. The van der Waals surface area contributed by atoms with Gasteiger partial charge in [-0.05, 0) is 42.0 Å². The van der Waals surface area contributed by atoms with Crippen molar-refractivity contribution in [1.29, 1.82) is 0 Å². The zero-order chi connectivity index (χ0) is 12.0. The van der Waals surface area contributed by atoms with Crippen molar-refractivity contribution in [3.63, 3.8) is 0 Å². The first-order chi connectivity index (χ1) is 7.63. The molecule has 0 saturated carbocycles. The standard InChI is InChI=1S/C12H16N2OS/c1-9(7-8-16-12(13)14)10-3-5-11(15-2)6-4-10/h3-7H,8H2,1-2H3,(H3,13,14)/p+1/b9-7+. The molecule has 0 heterocycles. The van der Waals surface area contributed by atoms with Crippen molar-refractivity contribution >= 4 is 22.5 Å². The molecule has 0 radical (unpaired) electrons. The second-order valence-electron chi connectivity index (χ2n) is 3.33. The lowest BCUT2D eigenvalue weighted by molar-refractivity contribution is -0.110. The SMILES string of the molecule is COc1ccc(/C(C)=C/CSC(N)=[NH2+])cc1. The molecular weight excluding hydrogens is 220 g/mol. The highest BCUT2D eigenvalue weighted by molar-refractivity contribution is 8.13. The van der Waals surface area contributed by atoms with E-state index in [0.717, 1.165) is 11.5 Å². The van der Waals surface area contributed by atoms with E-state index < -0.39 is 0 Å². The second kappa shape index (κ2) is 6.23. The normalized spacial score (nSPS) is 11.2. The highest BCUT2D eigenvalue weighted by Crippen LogP contribution is 2.18. The minimum atomic E-state index is 0.402. The van der Waals surface area contributed by atoms with Crippen LogP contribution in [0.5, 0.6) is 5.75 Å². The first kappa shape index (κ1) is 12.6. The van der Waals surface area contributed by atoms with Crippen LogP contribution in [-0.2, 0) is 0 Å². The maximum atomic E-state index is 5.37. The molecule has 0 saturated heterocycles. The minimum Gasteiger partial charge on any atom is -0.497 e. The Labute approximate surface area is 100 Å². The molecule has 4 N–H and O–H groups in total. The maximum Gasteiger partial charge on any atom is 0.300 e. The van der Waals surface area contributed by atoms with Gasteiger partial charge >= 0.3 is 0 Å². The van der Waals surface area contributed by atoms with Crippen molar-refractivity contribution in [2.24, 2.45) is 5.73 Å². The zero-order valence-electron chi connectivity index (χ0n) is 9.57. The van der Waals surface area contributed by atoms with Gasteiger partial charge in [0.05, 0.1) is 7.11 Å². The van der Waals surface area contributed by atoms with Gasteiger partial charge in [0.1, 0.15) is 5.75 Å². The molecule has 0 aliphatic heterocycles. The highest BCUT2D eigenvalue weighted by atomic mass is 32.2. The summed E-state index contributed by atoms with van der Waals surface area (Å²) in [7, 11) is 1.66. The van der Waals surface area contributed by atoms with Crippen molar-refractivity contribution in [3.8, 4) is 5.75 Å². The number of nitrogens with two attached hydrogens (primary N) is 2. The van der Waals surface area contributed by atoms with Gasteiger partial charge in [-0.3, -0.25) is 11.1 Å². The largest absolute Gasteiger partial charge is 0.497 e. The average Bonchev–Trinajstić information content (AvgIpc) is 2.28. The lowest BCUT2D eigenvalue weighted by Gasteiger charge is -2.03. The molecule has 86 valence electrons. The van der Waals surface area contributed by atoms with Gasteiger partial charge in [-0.15, -0.1) is 0 Å². The minimum absolute atomic E-state index is 0.402. The van der Waals surface area contributed by atoms with E-state index in [0.29, 0.717) is 5.17 Å². The Morgan fingerprint density at radius 1 is 1.44 bits per heavy atom. The molecule has 1 aromatic rings. The smallest absolute Gasteiger partial charge is 0.300 e. The van der Waals surface area contributed by atoms with E-state index in [-0.39, 0.29) is 0 Å². The van der Waals surface area contributed by atoms with Gasteiger partial charge in [0.25, 0.3) is 5.17 Å². The van der Waals surface area contributed by atoms with Crippen molar-refractivity contribution in [2.75, 3.05) is 12.9 Å². The molecular formula is C12H17N2OS+. The number of allylic oxidation sites excluding steroid dienone is 1. The van der Waals surface area contributed by atoms with Crippen LogP contribution >= 0.6 is 11.8 Å². The van der Waals surface area contributed by atoms with E-state index in [1.165, 1.54) is 22.9 Å². The van der Waals surface area contributed by atoms with Gasteiger partial charge in [-0.2, -0.15) is 0 Å². The van der Waals surface area contributed by atoms with Crippen LogP contribution in [-0.4, -0.2) is 18.0 Å². The number of hydrogen-bond donors (Lipinski definition) is 2. The van der Waals surface area contributed by atoms with Crippen molar-refractivity contribution in [2.45, 2.75) is 6.92 Å². The number of benzene rings is 1. The van der Waals surface area contributed by atoms with Gasteiger partial charge < -0.3 is 4.74 Å². The summed E-state index contributed by atoms with van der Waals surface area (Å²) >= 11 is 1.43. The first-order valence-corrected chi connectivity index (χ1v) is 5.94. The molecule has 1 aromatic carbocycles. The Hall–Kier alpha value is -1.42. The Morgan fingerprint density at radius 3 is 2.56 bits per heavy atom. The average molecular weight is 237 g/mol. The van der Waals surface area contributed by atoms with Crippen LogP contribution < -0.4 is 15.9 Å². The predicted molar refractivity (Wildman–Crippen MR) is 70.2 cm³/mol. The van der Waals surface area contributed by atoms with Crippen LogP contribution in [0.2, 0.25) is 0 Å². The van der Waals surface area contributed by atoms with E-state index in [1.54, 1.807) is 7.11 Å². The van der Waals surface area contributed by atoms with Crippen LogP contribution in [0.15, 0.2) is 30.3 Å². The molecule has 0 bridgehead atoms. The highest BCUT2D eigenvalue weighted by Gasteiger charge is 1.98. The molecule has 16 heavy (non-hydrogen) atoms. The monoisotopic (exact) mass is 237 g/mol. The molecule has 0 fully saturated rings. The number of amidine groups is 1. The summed E-state index contributed by atoms with van der Waals surface area (Å²) in [6, 6.07) is 7.96. The summed E-state index contributed by atoms with van der Waals surface area (Å²) in [4.78, 5) is 0. The molecule has 0 aromatic heterocycles. The summed E-state index contributed by atoms with van der Waals surface area (Å²) in [5.74, 6) is 1.66. The van der Waals surface area contributed by atoms with Crippen LogP contribution in [0.25, 0.3) is 5.57 Å². The maximum absolute atomic E-state index is 5.37. The van der Waals surface area contributed by atoms with Gasteiger partial charge in [0.2, 0.25) is 0 Å².